The number of nitrogens with zero attached hydrogens (tertiary/aromatic N) is 2. The van der Waals surface area contributed by atoms with Crippen LogP contribution in [0.3, 0.4) is 0 Å². The van der Waals surface area contributed by atoms with Crippen molar-refractivity contribution in [1.29, 1.82) is 0 Å². The normalized spacial score (nSPS) is 23.5. The molecule has 2 N–H and O–H groups in total. The maximum atomic E-state index is 13.7. The summed E-state index contributed by atoms with van der Waals surface area (Å²) in [6.07, 6.45) is 0.730. The Balaban J connectivity index is 1.65. The molecule has 1 spiro atoms. The number of hydrogen-bond acceptors (Lipinski definition) is 7. The molecule has 2 aliphatic rings. The number of ether oxygens (including phenoxy) is 3. The Bertz CT molecular complexity index is 1240. The van der Waals surface area contributed by atoms with E-state index in [1.54, 1.807) is 32.8 Å². The molecule has 1 aromatic carbocycles. The maximum Gasteiger partial charge on any atom is 0.408 e. The van der Waals surface area contributed by atoms with Gasteiger partial charge in [0.05, 0.1) is 31.0 Å². The van der Waals surface area contributed by atoms with Crippen LogP contribution in [0.15, 0.2) is 18.2 Å². The fraction of sp³-hybridized carbons (Fsp3) is 0.633. The number of amides is 2. The van der Waals surface area contributed by atoms with E-state index in [1.807, 2.05) is 32.0 Å². The van der Waals surface area contributed by atoms with Gasteiger partial charge in [-0.2, -0.15) is 0 Å². The second kappa shape index (κ2) is 10.8. The summed E-state index contributed by atoms with van der Waals surface area (Å²) in [6.45, 7) is 13.8. The van der Waals surface area contributed by atoms with Gasteiger partial charge in [0.15, 0.2) is 0 Å². The minimum atomic E-state index is -0.794. The highest BCUT2D eigenvalue weighted by molar-refractivity contribution is 5.88. The number of rotatable bonds is 6. The van der Waals surface area contributed by atoms with Gasteiger partial charge in [-0.1, -0.05) is 27.2 Å². The molecule has 1 saturated heterocycles. The van der Waals surface area contributed by atoms with E-state index in [0.717, 1.165) is 28.6 Å². The lowest BCUT2D eigenvalue weighted by Gasteiger charge is -2.39. The predicted octanol–water partition coefficient (Wildman–Crippen LogP) is 5.24. The molecule has 0 radical (unpaired) electrons. The standard InChI is InChI=1S/C30H43N3O6/c1-9-10-22(32-28(36)39-29(5,6)7)27(35)33-16-30(14-18(33)4)15-23(34)24-20-13-19(37-8)11-12-21(20)31-25(17(2)3)26(24)38-30/h11-13,17-18,22-23,34H,9-10,14-16H2,1-8H3,(H,32,36). The summed E-state index contributed by atoms with van der Waals surface area (Å²) in [5.74, 6) is 1.18. The summed E-state index contributed by atoms with van der Waals surface area (Å²) in [5.41, 5.74) is 0.867. The Hall–Kier alpha value is -3.07. The Morgan fingerprint density at radius 3 is 2.62 bits per heavy atom. The van der Waals surface area contributed by atoms with Crippen molar-refractivity contribution >= 4 is 22.9 Å². The molecule has 9 heteroatoms. The third kappa shape index (κ3) is 5.93. The largest absolute Gasteiger partial charge is 0.497 e. The molecule has 4 unspecified atom stereocenters. The van der Waals surface area contributed by atoms with Crippen LogP contribution in [0.4, 0.5) is 4.79 Å². The molecule has 2 amide bonds. The first-order valence-electron chi connectivity index (χ1n) is 14.0. The average Bonchev–Trinajstić information content (AvgIpc) is 3.15. The van der Waals surface area contributed by atoms with E-state index in [1.165, 1.54) is 0 Å². The molecule has 9 nitrogen and oxygen atoms in total. The number of carbonyl (C=O) groups is 2. The van der Waals surface area contributed by atoms with Crippen LogP contribution < -0.4 is 14.8 Å². The highest BCUT2D eigenvalue weighted by Crippen LogP contribution is 2.50. The number of likely N-dealkylation sites (tertiary alicyclic amines) is 1. The number of aliphatic hydroxyl groups is 1. The van der Waals surface area contributed by atoms with Gasteiger partial charge < -0.3 is 29.5 Å². The third-order valence-electron chi connectivity index (χ3n) is 7.48. The minimum absolute atomic E-state index is 0.0659. The summed E-state index contributed by atoms with van der Waals surface area (Å²) >= 11 is 0. The molecule has 1 fully saturated rings. The number of hydrogen-bond donors (Lipinski definition) is 2. The van der Waals surface area contributed by atoms with Crippen molar-refractivity contribution in [1.82, 2.24) is 15.2 Å². The molecule has 2 aliphatic heterocycles. The minimum Gasteiger partial charge on any atom is -0.497 e. The van der Waals surface area contributed by atoms with E-state index in [-0.39, 0.29) is 17.9 Å². The van der Waals surface area contributed by atoms with Gasteiger partial charge in [0, 0.05) is 29.8 Å². The summed E-state index contributed by atoms with van der Waals surface area (Å²) < 4.78 is 17.6. The zero-order valence-corrected chi connectivity index (χ0v) is 24.5. The quantitative estimate of drug-likeness (QED) is 0.515. The fourth-order valence-corrected chi connectivity index (χ4v) is 5.83. The zero-order valence-electron chi connectivity index (χ0n) is 24.5. The molecule has 214 valence electrons. The molecule has 0 saturated carbocycles. The molecular formula is C30H43N3O6. The van der Waals surface area contributed by atoms with E-state index in [4.69, 9.17) is 19.2 Å². The van der Waals surface area contributed by atoms with Gasteiger partial charge in [-0.25, -0.2) is 9.78 Å². The third-order valence-corrected chi connectivity index (χ3v) is 7.48. The summed E-state index contributed by atoms with van der Waals surface area (Å²) in [6, 6.07) is 4.82. The Morgan fingerprint density at radius 1 is 1.28 bits per heavy atom. The second-order valence-corrected chi connectivity index (χ2v) is 12.3. The molecule has 39 heavy (non-hydrogen) atoms. The highest BCUT2D eigenvalue weighted by atomic mass is 16.6. The Labute approximate surface area is 231 Å². The fourth-order valence-electron chi connectivity index (χ4n) is 5.83. The van der Waals surface area contributed by atoms with E-state index in [9.17, 15) is 14.7 Å². The van der Waals surface area contributed by atoms with Gasteiger partial charge in [0.1, 0.15) is 28.7 Å². The van der Waals surface area contributed by atoms with Crippen LogP contribution in [0, 0.1) is 0 Å². The van der Waals surface area contributed by atoms with Gasteiger partial charge in [-0.15, -0.1) is 0 Å². The van der Waals surface area contributed by atoms with E-state index >= 15 is 0 Å². The summed E-state index contributed by atoms with van der Waals surface area (Å²) in [4.78, 5) is 32.9. The number of fused-ring (bicyclic) bond motifs is 3. The van der Waals surface area contributed by atoms with Crippen molar-refractivity contribution < 1.29 is 28.9 Å². The first-order valence-corrected chi connectivity index (χ1v) is 14.0. The van der Waals surface area contributed by atoms with Crippen molar-refractivity contribution in [2.45, 2.75) is 109 Å². The number of benzene rings is 1. The number of aromatic nitrogens is 1. The van der Waals surface area contributed by atoms with E-state index < -0.39 is 29.4 Å². The molecule has 1 aromatic heterocycles. The van der Waals surface area contributed by atoms with Crippen LogP contribution in [-0.2, 0) is 9.53 Å². The van der Waals surface area contributed by atoms with Gasteiger partial charge in [0.2, 0.25) is 5.91 Å². The van der Waals surface area contributed by atoms with Gasteiger partial charge >= 0.3 is 6.09 Å². The lowest BCUT2D eigenvalue weighted by Crippen LogP contribution is -2.52. The molecule has 4 rings (SSSR count). The summed E-state index contributed by atoms with van der Waals surface area (Å²) in [5, 5.41) is 15.1. The van der Waals surface area contributed by atoms with Crippen molar-refractivity contribution in [3.05, 3.63) is 29.5 Å². The van der Waals surface area contributed by atoms with Crippen LogP contribution >= 0.6 is 0 Å². The number of alkyl carbamates (subject to hydrolysis) is 1. The maximum absolute atomic E-state index is 13.7. The van der Waals surface area contributed by atoms with Gasteiger partial charge in [-0.3, -0.25) is 4.79 Å². The zero-order chi connectivity index (χ0) is 28.7. The van der Waals surface area contributed by atoms with Crippen LogP contribution in [0.25, 0.3) is 10.9 Å². The number of aliphatic hydroxyl groups excluding tert-OH is 1. The lowest BCUT2D eigenvalue weighted by atomic mass is 9.84. The number of methoxy groups -OCH3 is 1. The van der Waals surface area contributed by atoms with Gasteiger partial charge in [-0.05, 0) is 58.2 Å². The first kappa shape index (κ1) is 28.9. The van der Waals surface area contributed by atoms with Crippen LogP contribution in [0.1, 0.15) is 97.4 Å². The molecule has 4 atom stereocenters. The molecule has 0 bridgehead atoms. The van der Waals surface area contributed by atoms with Crippen LogP contribution in [-0.4, -0.2) is 63.9 Å². The highest BCUT2D eigenvalue weighted by Gasteiger charge is 2.52. The van der Waals surface area contributed by atoms with Crippen molar-refractivity contribution in [2.75, 3.05) is 13.7 Å². The molecular weight excluding hydrogens is 498 g/mol. The molecule has 2 aromatic rings. The first-order chi connectivity index (χ1) is 18.3. The van der Waals surface area contributed by atoms with E-state index in [2.05, 4.69) is 19.2 Å². The van der Waals surface area contributed by atoms with Crippen LogP contribution in [0.2, 0.25) is 0 Å². The molecule has 3 heterocycles. The van der Waals surface area contributed by atoms with Crippen molar-refractivity contribution in [3.63, 3.8) is 0 Å². The monoisotopic (exact) mass is 541 g/mol. The van der Waals surface area contributed by atoms with E-state index in [0.29, 0.717) is 37.3 Å². The summed E-state index contributed by atoms with van der Waals surface area (Å²) in [7, 11) is 1.61. The SMILES string of the molecule is CCCC(NC(=O)OC(C)(C)C)C(=O)N1CC2(CC(O)c3c(c(C(C)C)nc4ccc(OC)cc34)O2)CC1C. The Morgan fingerprint density at radius 2 is 2.00 bits per heavy atom. The van der Waals surface area contributed by atoms with Crippen LogP contribution in [0.5, 0.6) is 11.5 Å². The predicted molar refractivity (Wildman–Crippen MR) is 149 cm³/mol. The smallest absolute Gasteiger partial charge is 0.408 e. The topological polar surface area (TPSA) is 110 Å². The second-order valence-electron chi connectivity index (χ2n) is 12.3. The Kier molecular flexibility index (Phi) is 8.03. The van der Waals surface area contributed by atoms with Crippen molar-refractivity contribution in [2.24, 2.45) is 0 Å². The van der Waals surface area contributed by atoms with Gasteiger partial charge in [0.25, 0.3) is 0 Å². The number of nitrogens with one attached hydrogen (secondary N) is 1. The van der Waals surface area contributed by atoms with Crippen molar-refractivity contribution in [3.8, 4) is 11.5 Å². The lowest BCUT2D eigenvalue weighted by molar-refractivity contribution is -0.135. The average molecular weight is 542 g/mol. The number of pyridine rings is 1. The number of carbonyl (C=O) groups excluding carboxylic acids is 2. The molecule has 0 aliphatic carbocycles.